The van der Waals surface area contributed by atoms with Gasteiger partial charge in [0.25, 0.3) is 0 Å². The van der Waals surface area contributed by atoms with Crippen LogP contribution in [0.1, 0.15) is 27.2 Å². The van der Waals surface area contributed by atoms with Crippen LogP contribution >= 0.6 is 0 Å². The van der Waals surface area contributed by atoms with Gasteiger partial charge in [0, 0.05) is 0 Å². The lowest BCUT2D eigenvalue weighted by atomic mass is 10.1. The molecule has 70 valence electrons. The average Bonchev–Trinajstić information content (AvgIpc) is 2.05. The van der Waals surface area contributed by atoms with Crippen molar-refractivity contribution < 1.29 is 19.1 Å². The first-order valence-electron chi connectivity index (χ1n) is 3.79. The van der Waals surface area contributed by atoms with E-state index in [1.54, 1.807) is 0 Å². The number of ether oxygens (including phenoxy) is 1. The van der Waals surface area contributed by atoms with Gasteiger partial charge in [-0.15, -0.1) is 0 Å². The lowest BCUT2D eigenvalue weighted by Gasteiger charge is -2.05. The van der Waals surface area contributed by atoms with E-state index in [4.69, 9.17) is 14.3 Å². The van der Waals surface area contributed by atoms with Crippen LogP contribution in [0.25, 0.3) is 0 Å². The first-order valence-corrected chi connectivity index (χ1v) is 3.79. The predicted molar refractivity (Wildman–Crippen MR) is 41.1 cm³/mol. The van der Waals surface area contributed by atoms with E-state index >= 15 is 0 Å². The second-order valence-corrected chi connectivity index (χ2v) is 2.14. The Morgan fingerprint density at radius 1 is 1.42 bits per heavy atom. The maximum atomic E-state index is 10.8. The van der Waals surface area contributed by atoms with Crippen LogP contribution in [0, 0.1) is 5.92 Å². The van der Waals surface area contributed by atoms with Gasteiger partial charge in [0.15, 0.2) is 0 Å². The SMILES string of the molecule is CCOC(=O)C(C)CC.O=C=O. The normalized spacial score (nSPS) is 10.2. The predicted octanol–water partition coefficient (Wildman–Crippen LogP) is 1.01. The molecule has 0 aliphatic heterocycles. The molecule has 0 rings (SSSR count). The van der Waals surface area contributed by atoms with E-state index < -0.39 is 0 Å². The highest BCUT2D eigenvalue weighted by Crippen LogP contribution is 2.01. The zero-order valence-corrected chi connectivity index (χ0v) is 7.62. The second kappa shape index (κ2) is 9.85. The third kappa shape index (κ3) is 8.85. The van der Waals surface area contributed by atoms with E-state index in [-0.39, 0.29) is 18.0 Å². The fraction of sp³-hybridized carbons (Fsp3) is 0.750. The van der Waals surface area contributed by atoms with E-state index in [1.165, 1.54) is 0 Å². The first-order chi connectivity index (χ1) is 5.63. The summed E-state index contributed by atoms with van der Waals surface area (Å²) in [7, 11) is 0. The van der Waals surface area contributed by atoms with Crippen LogP contribution in [0.2, 0.25) is 0 Å². The quantitative estimate of drug-likeness (QED) is 0.599. The van der Waals surface area contributed by atoms with E-state index in [2.05, 4.69) is 0 Å². The van der Waals surface area contributed by atoms with Crippen LogP contribution in [0.15, 0.2) is 0 Å². The number of carbonyl (C=O) groups excluding carboxylic acids is 3. The van der Waals surface area contributed by atoms with Gasteiger partial charge in [-0.3, -0.25) is 4.79 Å². The van der Waals surface area contributed by atoms with Crippen LogP contribution in [0.5, 0.6) is 0 Å². The molecule has 1 unspecified atom stereocenters. The summed E-state index contributed by atoms with van der Waals surface area (Å²) >= 11 is 0. The van der Waals surface area contributed by atoms with Crippen LogP contribution in [0.4, 0.5) is 0 Å². The van der Waals surface area contributed by atoms with E-state index in [1.807, 2.05) is 20.8 Å². The molecule has 0 aliphatic rings. The third-order valence-corrected chi connectivity index (χ3v) is 1.30. The minimum atomic E-state index is -0.0833. The smallest absolute Gasteiger partial charge is 0.373 e. The molecule has 0 fully saturated rings. The van der Waals surface area contributed by atoms with Crippen LogP contribution in [-0.4, -0.2) is 18.7 Å². The van der Waals surface area contributed by atoms with Gasteiger partial charge in [0.05, 0.1) is 12.5 Å². The molecular formula is C8H14O4. The Kier molecular flexibility index (Phi) is 11.0. The van der Waals surface area contributed by atoms with Gasteiger partial charge in [-0.05, 0) is 13.3 Å². The molecule has 0 aliphatic carbocycles. The Hall–Kier alpha value is -1.15. The Labute approximate surface area is 71.9 Å². The highest BCUT2D eigenvalue weighted by atomic mass is 16.5. The van der Waals surface area contributed by atoms with Gasteiger partial charge in [-0.2, -0.15) is 9.59 Å². The molecule has 4 nitrogen and oxygen atoms in total. The number of hydrogen-bond acceptors (Lipinski definition) is 4. The molecule has 4 heteroatoms. The Morgan fingerprint density at radius 3 is 2.08 bits per heavy atom. The van der Waals surface area contributed by atoms with Gasteiger partial charge in [0.2, 0.25) is 0 Å². The number of hydrogen-bond donors (Lipinski definition) is 0. The zero-order chi connectivity index (χ0) is 9.98. The second-order valence-electron chi connectivity index (χ2n) is 2.14. The van der Waals surface area contributed by atoms with Crippen molar-refractivity contribution in [3.63, 3.8) is 0 Å². The molecule has 0 amide bonds. The highest BCUT2D eigenvalue weighted by Gasteiger charge is 2.09. The topological polar surface area (TPSA) is 60.4 Å². The number of esters is 1. The molecule has 0 aromatic carbocycles. The van der Waals surface area contributed by atoms with Crippen molar-refractivity contribution in [2.45, 2.75) is 27.2 Å². The Bertz CT molecular complexity index is 147. The lowest BCUT2D eigenvalue weighted by Crippen LogP contribution is -2.13. The van der Waals surface area contributed by atoms with Crippen molar-refractivity contribution in [1.29, 1.82) is 0 Å². The summed E-state index contributed by atoms with van der Waals surface area (Å²) in [6, 6.07) is 0. The van der Waals surface area contributed by atoms with Gasteiger partial charge in [-0.25, -0.2) is 0 Å². The first kappa shape index (κ1) is 13.4. The minimum Gasteiger partial charge on any atom is -0.466 e. The molecule has 1 atom stereocenters. The Morgan fingerprint density at radius 2 is 1.83 bits per heavy atom. The van der Waals surface area contributed by atoms with E-state index in [0.29, 0.717) is 6.61 Å². The fourth-order valence-corrected chi connectivity index (χ4v) is 0.451. The van der Waals surface area contributed by atoms with Crippen LogP contribution < -0.4 is 0 Å². The average molecular weight is 174 g/mol. The standard InChI is InChI=1S/C7H14O2.CO2/c1-4-6(3)7(8)9-5-2;2-1-3/h6H,4-5H2,1-3H3;. The van der Waals surface area contributed by atoms with Crippen molar-refractivity contribution in [3.05, 3.63) is 0 Å². The summed E-state index contributed by atoms with van der Waals surface area (Å²) in [6.45, 7) is 6.16. The van der Waals surface area contributed by atoms with Crippen molar-refractivity contribution in [2.24, 2.45) is 5.92 Å². The molecule has 0 bridgehead atoms. The summed E-state index contributed by atoms with van der Waals surface area (Å²) in [4.78, 5) is 27.0. The maximum Gasteiger partial charge on any atom is 0.373 e. The van der Waals surface area contributed by atoms with Crippen molar-refractivity contribution in [2.75, 3.05) is 6.61 Å². The summed E-state index contributed by atoms with van der Waals surface area (Å²) in [5, 5.41) is 0. The summed E-state index contributed by atoms with van der Waals surface area (Å²) in [5.74, 6) is -0.0232. The third-order valence-electron chi connectivity index (χ3n) is 1.30. The number of rotatable bonds is 3. The minimum absolute atomic E-state index is 0.0601. The molecule has 0 N–H and O–H groups in total. The van der Waals surface area contributed by atoms with E-state index in [0.717, 1.165) is 6.42 Å². The maximum absolute atomic E-state index is 10.8. The molecule has 0 heterocycles. The Balaban J connectivity index is 0. The lowest BCUT2D eigenvalue weighted by molar-refractivity contribution is -0.191. The molecule has 0 saturated heterocycles. The molecule has 0 aromatic rings. The zero-order valence-electron chi connectivity index (χ0n) is 7.62. The van der Waals surface area contributed by atoms with Gasteiger partial charge in [-0.1, -0.05) is 13.8 Å². The largest absolute Gasteiger partial charge is 0.466 e. The highest BCUT2D eigenvalue weighted by molar-refractivity contribution is 5.71. The number of carbonyl (C=O) groups is 1. The monoisotopic (exact) mass is 174 g/mol. The van der Waals surface area contributed by atoms with Gasteiger partial charge in [0.1, 0.15) is 0 Å². The van der Waals surface area contributed by atoms with E-state index in [9.17, 15) is 4.79 Å². The van der Waals surface area contributed by atoms with Crippen molar-refractivity contribution in [1.82, 2.24) is 0 Å². The molecule has 0 aromatic heterocycles. The molecule has 0 radical (unpaired) electrons. The van der Waals surface area contributed by atoms with Gasteiger partial charge < -0.3 is 4.74 Å². The van der Waals surface area contributed by atoms with Crippen LogP contribution in [-0.2, 0) is 19.1 Å². The molecular weight excluding hydrogens is 160 g/mol. The fourth-order valence-electron chi connectivity index (χ4n) is 0.451. The van der Waals surface area contributed by atoms with Crippen molar-refractivity contribution in [3.8, 4) is 0 Å². The summed E-state index contributed by atoms with van der Waals surface area (Å²) in [6.07, 6.45) is 1.11. The van der Waals surface area contributed by atoms with Crippen molar-refractivity contribution >= 4 is 12.1 Å². The summed E-state index contributed by atoms with van der Waals surface area (Å²) in [5.41, 5.74) is 0. The molecule has 0 spiro atoms. The van der Waals surface area contributed by atoms with Gasteiger partial charge >= 0.3 is 12.1 Å². The molecule has 12 heavy (non-hydrogen) atoms. The molecule has 0 saturated carbocycles. The van der Waals surface area contributed by atoms with Crippen LogP contribution in [0.3, 0.4) is 0 Å². The summed E-state index contributed by atoms with van der Waals surface area (Å²) < 4.78 is 4.76.